The summed E-state index contributed by atoms with van der Waals surface area (Å²) in [7, 11) is 0. The Morgan fingerprint density at radius 3 is 1.97 bits per heavy atom. The van der Waals surface area contributed by atoms with Crippen molar-refractivity contribution in [3.63, 3.8) is 0 Å². The molecular weight excluding hydrogens is 404 g/mol. The number of Topliss-reactive ketones (excluding diaryl/α,β-unsaturated/α-hetero) is 1. The summed E-state index contributed by atoms with van der Waals surface area (Å²) in [4.78, 5) is 61.3. The molecule has 0 saturated heterocycles. The maximum absolute atomic E-state index is 13.4. The zero-order valence-electron chi connectivity index (χ0n) is 18.1. The lowest BCUT2D eigenvalue weighted by molar-refractivity contribution is -0.146. The van der Waals surface area contributed by atoms with Gasteiger partial charge >= 0.3 is 17.9 Å². The summed E-state index contributed by atoms with van der Waals surface area (Å²) in [5.41, 5.74) is 0.479. The Hall–Kier alpha value is -3.55. The van der Waals surface area contributed by atoms with Gasteiger partial charge in [-0.1, -0.05) is 18.6 Å². The van der Waals surface area contributed by atoms with E-state index in [1.165, 1.54) is 12.1 Å². The Kier molecular flexibility index (Phi) is 7.63. The number of allylic oxidation sites excluding steroid dienone is 2. The fourth-order valence-electron chi connectivity index (χ4n) is 3.00. The van der Waals surface area contributed by atoms with Crippen LogP contribution in [0.15, 0.2) is 35.4 Å². The normalized spacial score (nSPS) is 13.5. The average Bonchev–Trinajstić information content (AvgIpc) is 2.67. The van der Waals surface area contributed by atoms with E-state index in [-0.39, 0.29) is 41.0 Å². The zero-order chi connectivity index (χ0) is 23.3. The van der Waals surface area contributed by atoms with Crippen LogP contribution >= 0.6 is 0 Å². The van der Waals surface area contributed by atoms with Crippen molar-refractivity contribution in [2.75, 3.05) is 0 Å². The molecule has 0 amide bonds. The topological polar surface area (TPSA) is 113 Å². The number of rotatable bonds is 7. The van der Waals surface area contributed by atoms with E-state index in [1.54, 1.807) is 13.0 Å². The van der Waals surface area contributed by atoms with Gasteiger partial charge in [-0.25, -0.2) is 0 Å². The molecule has 1 atom stereocenters. The first kappa shape index (κ1) is 23.7. The van der Waals surface area contributed by atoms with Crippen LogP contribution in [0.25, 0.3) is 0 Å². The van der Waals surface area contributed by atoms with Crippen molar-refractivity contribution in [2.45, 2.75) is 53.6 Å². The van der Waals surface area contributed by atoms with Crippen molar-refractivity contribution in [1.29, 1.82) is 0 Å². The summed E-state index contributed by atoms with van der Waals surface area (Å²) in [5, 5.41) is 0. The third-order valence-corrected chi connectivity index (χ3v) is 4.31. The average molecular weight is 428 g/mol. The third kappa shape index (κ3) is 5.75. The number of hydrogen-bond donors (Lipinski definition) is 0. The van der Waals surface area contributed by atoms with Gasteiger partial charge in [0.1, 0.15) is 17.6 Å². The van der Waals surface area contributed by atoms with Crippen LogP contribution in [0.3, 0.4) is 0 Å². The van der Waals surface area contributed by atoms with Gasteiger partial charge in [0, 0.05) is 32.3 Å². The number of fused-ring (bicyclic) bond motifs is 1. The van der Waals surface area contributed by atoms with Crippen molar-refractivity contribution in [2.24, 2.45) is 0 Å². The Morgan fingerprint density at radius 2 is 1.48 bits per heavy atom. The number of ketones is 2. The molecule has 0 spiro atoms. The molecule has 1 aromatic rings. The van der Waals surface area contributed by atoms with Gasteiger partial charge in [-0.05, 0) is 32.1 Å². The van der Waals surface area contributed by atoms with Crippen LogP contribution in [0.4, 0.5) is 0 Å². The van der Waals surface area contributed by atoms with E-state index in [0.717, 1.165) is 25.5 Å². The number of benzene rings is 1. The molecule has 0 radical (unpaired) electrons. The SMILES string of the molecule is CCC(=O)OC(CC=C(C)C)C1=CC(=O)c2c(OC(C)=O)ccc(OC(C)=O)c2C1=O. The van der Waals surface area contributed by atoms with Crippen molar-refractivity contribution in [3.05, 3.63) is 46.6 Å². The predicted molar refractivity (Wildman–Crippen MR) is 110 cm³/mol. The highest BCUT2D eigenvalue weighted by atomic mass is 16.5. The van der Waals surface area contributed by atoms with Crippen LogP contribution in [-0.4, -0.2) is 35.6 Å². The van der Waals surface area contributed by atoms with E-state index in [0.29, 0.717) is 0 Å². The lowest BCUT2D eigenvalue weighted by Gasteiger charge is -2.24. The minimum atomic E-state index is -1.01. The standard InChI is InChI=1S/C23H24O8/c1-6-20(27)31-17(8-7-12(2)3)15-11-16(26)21-18(29-13(4)24)9-10-19(30-14(5)25)22(21)23(15)28/h7,9-11,17H,6,8H2,1-5H3. The Morgan fingerprint density at radius 1 is 0.935 bits per heavy atom. The molecule has 1 aromatic carbocycles. The molecule has 0 saturated carbocycles. The molecular formula is C23H24O8. The van der Waals surface area contributed by atoms with Crippen LogP contribution in [0, 0.1) is 0 Å². The maximum atomic E-state index is 13.4. The summed E-state index contributed by atoms with van der Waals surface area (Å²) < 4.78 is 15.6. The smallest absolute Gasteiger partial charge is 0.308 e. The molecule has 0 bridgehead atoms. The van der Waals surface area contributed by atoms with Crippen molar-refractivity contribution < 1.29 is 38.2 Å². The van der Waals surface area contributed by atoms with Crippen LogP contribution in [0.5, 0.6) is 11.5 Å². The second-order valence-corrected chi connectivity index (χ2v) is 7.14. The Balaban J connectivity index is 2.64. The van der Waals surface area contributed by atoms with Gasteiger partial charge in [-0.15, -0.1) is 0 Å². The van der Waals surface area contributed by atoms with E-state index >= 15 is 0 Å². The van der Waals surface area contributed by atoms with Gasteiger partial charge < -0.3 is 14.2 Å². The summed E-state index contributed by atoms with van der Waals surface area (Å²) in [6.45, 7) is 7.62. The second-order valence-electron chi connectivity index (χ2n) is 7.14. The molecule has 0 N–H and O–H groups in total. The molecule has 0 aromatic heterocycles. The van der Waals surface area contributed by atoms with E-state index < -0.39 is 35.6 Å². The van der Waals surface area contributed by atoms with E-state index in [4.69, 9.17) is 14.2 Å². The summed E-state index contributed by atoms with van der Waals surface area (Å²) in [6.07, 6.45) is 2.12. The van der Waals surface area contributed by atoms with E-state index in [9.17, 15) is 24.0 Å². The van der Waals surface area contributed by atoms with Crippen molar-refractivity contribution in [3.8, 4) is 11.5 Å². The summed E-state index contributed by atoms with van der Waals surface area (Å²) in [5.74, 6) is -3.48. The molecule has 0 heterocycles. The molecule has 31 heavy (non-hydrogen) atoms. The fourth-order valence-corrected chi connectivity index (χ4v) is 3.00. The molecule has 1 unspecified atom stereocenters. The molecule has 8 nitrogen and oxygen atoms in total. The van der Waals surface area contributed by atoms with E-state index in [1.807, 2.05) is 13.8 Å². The second kappa shape index (κ2) is 9.97. The van der Waals surface area contributed by atoms with E-state index in [2.05, 4.69) is 0 Å². The van der Waals surface area contributed by atoms with Crippen molar-refractivity contribution >= 4 is 29.5 Å². The highest BCUT2D eigenvalue weighted by molar-refractivity contribution is 6.27. The predicted octanol–water partition coefficient (Wildman–Crippen LogP) is 3.52. The molecule has 1 aliphatic rings. The van der Waals surface area contributed by atoms with Gasteiger partial charge in [-0.3, -0.25) is 24.0 Å². The van der Waals surface area contributed by atoms with Crippen LogP contribution in [0.2, 0.25) is 0 Å². The first-order valence-electron chi connectivity index (χ1n) is 9.72. The highest BCUT2D eigenvalue weighted by Gasteiger charge is 2.37. The molecule has 0 aliphatic heterocycles. The van der Waals surface area contributed by atoms with Crippen LogP contribution < -0.4 is 9.47 Å². The minimum absolute atomic E-state index is 0.0508. The molecule has 8 heteroatoms. The lowest BCUT2D eigenvalue weighted by Crippen LogP contribution is -2.30. The van der Waals surface area contributed by atoms with Crippen LogP contribution in [-0.2, 0) is 19.1 Å². The lowest BCUT2D eigenvalue weighted by atomic mass is 9.85. The maximum Gasteiger partial charge on any atom is 0.308 e. The number of carbonyl (C=O) groups excluding carboxylic acids is 5. The van der Waals surface area contributed by atoms with Crippen molar-refractivity contribution in [1.82, 2.24) is 0 Å². The van der Waals surface area contributed by atoms with Gasteiger partial charge in [0.2, 0.25) is 0 Å². The first-order chi connectivity index (χ1) is 14.5. The van der Waals surface area contributed by atoms with Gasteiger partial charge in [-0.2, -0.15) is 0 Å². The zero-order valence-corrected chi connectivity index (χ0v) is 18.1. The molecule has 164 valence electrons. The number of ether oxygens (including phenoxy) is 3. The van der Waals surface area contributed by atoms with Gasteiger partial charge in [0.15, 0.2) is 11.6 Å². The highest BCUT2D eigenvalue weighted by Crippen LogP contribution is 2.38. The van der Waals surface area contributed by atoms with Gasteiger partial charge in [0.25, 0.3) is 0 Å². The minimum Gasteiger partial charge on any atom is -0.457 e. The Bertz CT molecular complexity index is 1010. The Labute approximate surface area is 179 Å². The largest absolute Gasteiger partial charge is 0.457 e. The summed E-state index contributed by atoms with van der Waals surface area (Å²) in [6, 6.07) is 2.55. The number of hydrogen-bond acceptors (Lipinski definition) is 8. The van der Waals surface area contributed by atoms with Crippen LogP contribution in [0.1, 0.15) is 68.2 Å². The monoisotopic (exact) mass is 428 g/mol. The third-order valence-electron chi connectivity index (χ3n) is 4.31. The molecule has 2 rings (SSSR count). The molecule has 0 fully saturated rings. The first-order valence-corrected chi connectivity index (χ1v) is 9.72. The fraction of sp³-hybridized carbons (Fsp3) is 0.348. The molecule has 1 aliphatic carbocycles. The van der Waals surface area contributed by atoms with Gasteiger partial charge in [0.05, 0.1) is 11.1 Å². The number of esters is 3. The quantitative estimate of drug-likeness (QED) is 0.368. The summed E-state index contributed by atoms with van der Waals surface area (Å²) >= 11 is 0. The number of carbonyl (C=O) groups is 5.